The second kappa shape index (κ2) is 7.14. The molecule has 0 aliphatic carbocycles. The monoisotopic (exact) mass is 425 g/mol. The van der Waals surface area contributed by atoms with Gasteiger partial charge in [0, 0.05) is 24.1 Å². The lowest BCUT2D eigenvalue weighted by Gasteiger charge is -2.29. The van der Waals surface area contributed by atoms with Crippen LogP contribution in [0.25, 0.3) is 0 Å². The topological polar surface area (TPSA) is 27.3 Å². The molecule has 0 bridgehead atoms. The van der Waals surface area contributed by atoms with Crippen LogP contribution in [0.4, 0.5) is 11.4 Å². The molecule has 5 atom stereocenters. The molecule has 3 nitrogen and oxygen atoms in total. The molecule has 3 aliphatic rings. The summed E-state index contributed by atoms with van der Waals surface area (Å²) >= 11 is 7.86. The largest absolute Gasteiger partial charge is 0.360 e. The van der Waals surface area contributed by atoms with Gasteiger partial charge in [0.15, 0.2) is 0 Å². The summed E-state index contributed by atoms with van der Waals surface area (Å²) in [4.78, 5) is 2.39. The average Bonchev–Trinajstić information content (AvgIpc) is 3.26. The summed E-state index contributed by atoms with van der Waals surface area (Å²) in [5.41, 5.74) is 4.02. The Bertz CT molecular complexity index is 638. The zero-order valence-corrected chi connectivity index (χ0v) is 17.3. The predicted molar refractivity (Wildman–Crippen MR) is 113 cm³/mol. The molecule has 1 aromatic rings. The van der Waals surface area contributed by atoms with Crippen LogP contribution < -0.4 is 15.5 Å². The van der Waals surface area contributed by atoms with Crippen molar-refractivity contribution in [1.29, 1.82) is 0 Å². The number of alkyl halides is 1. The maximum absolute atomic E-state index is 3.77. The van der Waals surface area contributed by atoms with E-state index in [1.54, 1.807) is 0 Å². The highest BCUT2D eigenvalue weighted by Gasteiger charge is 2.36. The van der Waals surface area contributed by atoms with Crippen molar-refractivity contribution in [2.45, 2.75) is 46.8 Å². The number of anilines is 2. The lowest BCUT2D eigenvalue weighted by molar-refractivity contribution is 0.612. The van der Waals surface area contributed by atoms with E-state index in [0.29, 0.717) is 20.8 Å². The van der Waals surface area contributed by atoms with Crippen molar-refractivity contribution in [3.63, 3.8) is 0 Å². The van der Waals surface area contributed by atoms with Crippen LogP contribution in [0.2, 0.25) is 0 Å². The van der Waals surface area contributed by atoms with E-state index < -0.39 is 0 Å². The number of hydrogen-bond donors (Lipinski definition) is 2. The van der Waals surface area contributed by atoms with E-state index in [9.17, 15) is 0 Å². The second-order valence-electron chi connectivity index (χ2n) is 6.78. The van der Waals surface area contributed by atoms with Crippen molar-refractivity contribution in [1.82, 2.24) is 5.32 Å². The molecule has 3 aliphatic heterocycles. The summed E-state index contributed by atoms with van der Waals surface area (Å²) in [5.74, 6) is 1.18. The van der Waals surface area contributed by atoms with Gasteiger partial charge in [0.05, 0.1) is 20.9 Å². The smallest absolute Gasteiger partial charge is 0.124 e. The highest BCUT2D eigenvalue weighted by Crippen LogP contribution is 2.42. The Balaban J connectivity index is 1.62. The number of hydrogen-bond acceptors (Lipinski definition) is 5. The fraction of sp³-hybridized carbons (Fsp3) is 0.556. The number of likely N-dealkylation sites (N-methyl/N-ethyl adjacent to an activating group) is 1. The van der Waals surface area contributed by atoms with Crippen LogP contribution in [0.5, 0.6) is 0 Å². The first kappa shape index (κ1) is 17.1. The highest BCUT2D eigenvalue weighted by atomic mass is 79.9. The molecule has 0 saturated carbocycles. The van der Waals surface area contributed by atoms with Crippen LogP contribution in [-0.2, 0) is 0 Å². The molecule has 0 radical (unpaired) electrons. The van der Waals surface area contributed by atoms with Gasteiger partial charge in [0.25, 0.3) is 0 Å². The Morgan fingerprint density at radius 2 is 2.17 bits per heavy atom. The van der Waals surface area contributed by atoms with Crippen LogP contribution in [0.15, 0.2) is 35.9 Å². The predicted octanol–water partition coefficient (Wildman–Crippen LogP) is 4.47. The standard InChI is InChI=1S/C18H24BrN3S2/c1-11-10-23-18(20-11)13(9-12-7-8-16(19)24-12)17-21-14-5-3-4-6-15(14)22(17)2/h3-6,9,11-12,16-18,20-21H,7-8,10H2,1-2H3/b13-9-. The third-order valence-corrected chi connectivity index (χ3v) is 8.70. The van der Waals surface area contributed by atoms with E-state index in [1.165, 1.54) is 35.5 Å². The van der Waals surface area contributed by atoms with Crippen molar-refractivity contribution in [3.05, 3.63) is 35.9 Å². The number of nitrogens with zero attached hydrogens (tertiary/aromatic N) is 1. The first-order chi connectivity index (χ1) is 11.6. The molecule has 1 aromatic carbocycles. The maximum atomic E-state index is 3.77. The van der Waals surface area contributed by atoms with Gasteiger partial charge < -0.3 is 10.2 Å². The van der Waals surface area contributed by atoms with E-state index in [-0.39, 0.29) is 6.17 Å². The Morgan fingerprint density at radius 3 is 2.83 bits per heavy atom. The fourth-order valence-corrected chi connectivity index (χ4v) is 7.22. The number of para-hydroxylation sites is 2. The van der Waals surface area contributed by atoms with Gasteiger partial charge in [-0.2, -0.15) is 0 Å². The zero-order valence-electron chi connectivity index (χ0n) is 14.0. The van der Waals surface area contributed by atoms with Crippen molar-refractivity contribution in [3.8, 4) is 0 Å². The molecule has 5 unspecified atom stereocenters. The first-order valence-corrected chi connectivity index (χ1v) is 11.5. The van der Waals surface area contributed by atoms with Gasteiger partial charge in [-0.15, -0.1) is 23.5 Å². The molecule has 2 fully saturated rings. The molecule has 2 saturated heterocycles. The average molecular weight is 426 g/mol. The molecule has 6 heteroatoms. The lowest BCUT2D eigenvalue weighted by atomic mass is 10.1. The van der Waals surface area contributed by atoms with Gasteiger partial charge >= 0.3 is 0 Å². The maximum Gasteiger partial charge on any atom is 0.124 e. The van der Waals surface area contributed by atoms with E-state index in [0.717, 1.165) is 0 Å². The summed E-state index contributed by atoms with van der Waals surface area (Å²) in [7, 11) is 2.20. The molecule has 130 valence electrons. The molecule has 2 N–H and O–H groups in total. The third-order valence-electron chi connectivity index (χ3n) is 4.91. The first-order valence-electron chi connectivity index (χ1n) is 8.59. The number of benzene rings is 1. The van der Waals surface area contributed by atoms with Crippen LogP contribution in [0.3, 0.4) is 0 Å². The normalized spacial score (nSPS) is 36.0. The summed E-state index contributed by atoms with van der Waals surface area (Å²) in [6.45, 7) is 2.28. The van der Waals surface area contributed by atoms with Gasteiger partial charge in [0.1, 0.15) is 6.17 Å². The van der Waals surface area contributed by atoms with Crippen molar-refractivity contribution in [2.75, 3.05) is 23.0 Å². The Hall–Kier alpha value is -0.300. The third kappa shape index (κ3) is 3.35. The summed E-state index contributed by atoms with van der Waals surface area (Å²) < 4.78 is 0.606. The molecule has 0 amide bonds. The SMILES string of the molecule is CC1CSC(/C(=C\C2CCC(Br)S2)C2Nc3ccccc3N2C)N1. The number of halogens is 1. The number of thioether (sulfide) groups is 2. The van der Waals surface area contributed by atoms with Gasteiger partial charge in [-0.3, -0.25) is 5.32 Å². The van der Waals surface area contributed by atoms with Gasteiger partial charge in [0.2, 0.25) is 0 Å². The minimum absolute atomic E-state index is 0.243. The number of nitrogens with one attached hydrogen (secondary N) is 2. The quantitative estimate of drug-likeness (QED) is 0.550. The fourth-order valence-electron chi connectivity index (χ4n) is 3.66. The number of rotatable bonds is 3. The van der Waals surface area contributed by atoms with E-state index in [4.69, 9.17) is 0 Å². The zero-order chi connectivity index (χ0) is 16.7. The summed E-state index contributed by atoms with van der Waals surface area (Å²) in [6.07, 6.45) is 5.30. The Morgan fingerprint density at radius 1 is 1.33 bits per heavy atom. The van der Waals surface area contributed by atoms with Crippen LogP contribution in [0.1, 0.15) is 19.8 Å². The second-order valence-corrected chi connectivity index (χ2v) is 11.1. The van der Waals surface area contributed by atoms with E-state index in [2.05, 4.69) is 87.5 Å². The highest BCUT2D eigenvalue weighted by molar-refractivity contribution is 9.11. The van der Waals surface area contributed by atoms with Crippen LogP contribution in [-0.4, -0.2) is 39.8 Å². The molecule has 0 spiro atoms. The van der Waals surface area contributed by atoms with Crippen molar-refractivity contribution < 1.29 is 0 Å². The van der Waals surface area contributed by atoms with Gasteiger partial charge in [-0.05, 0) is 37.5 Å². The molecule has 24 heavy (non-hydrogen) atoms. The molecule has 3 heterocycles. The van der Waals surface area contributed by atoms with Crippen molar-refractivity contribution in [2.24, 2.45) is 0 Å². The van der Waals surface area contributed by atoms with Gasteiger partial charge in [-0.25, -0.2) is 0 Å². The van der Waals surface area contributed by atoms with E-state index >= 15 is 0 Å². The molecule has 0 aromatic heterocycles. The van der Waals surface area contributed by atoms with Crippen LogP contribution >= 0.6 is 39.5 Å². The summed E-state index contributed by atoms with van der Waals surface area (Å²) in [6, 6.07) is 9.20. The molecular formula is C18H24BrN3S2. The van der Waals surface area contributed by atoms with Crippen LogP contribution in [0, 0.1) is 0 Å². The minimum atomic E-state index is 0.243. The van der Waals surface area contributed by atoms with Crippen molar-refractivity contribution >= 4 is 50.8 Å². The summed E-state index contributed by atoms with van der Waals surface area (Å²) in [5, 5.41) is 8.53. The van der Waals surface area contributed by atoms with Gasteiger partial charge in [-0.1, -0.05) is 34.1 Å². The Kier molecular flexibility index (Phi) is 5.09. The molecular weight excluding hydrogens is 402 g/mol. The lowest BCUT2D eigenvalue weighted by Crippen LogP contribution is -2.42. The molecule has 4 rings (SSSR count). The number of fused-ring (bicyclic) bond motifs is 1. The van der Waals surface area contributed by atoms with E-state index in [1.807, 2.05) is 11.8 Å². The minimum Gasteiger partial charge on any atom is -0.360 e. The Labute approximate surface area is 161 Å².